The molecular weight excluding hydrogens is 224 g/mol. The molecule has 0 saturated heterocycles. The lowest BCUT2D eigenvalue weighted by atomic mass is 9.76. The quantitative estimate of drug-likeness (QED) is 0.818. The zero-order valence-electron chi connectivity index (χ0n) is 11.1. The lowest BCUT2D eigenvalue weighted by Gasteiger charge is -2.34. The second kappa shape index (κ2) is 5.49. The Morgan fingerprint density at radius 1 is 1.44 bits per heavy atom. The minimum absolute atomic E-state index is 0.338. The summed E-state index contributed by atoms with van der Waals surface area (Å²) in [6, 6.07) is 5.87. The lowest BCUT2D eigenvalue weighted by Crippen LogP contribution is -2.26. The standard InChI is InChI=1S/C15H20N2O/c1-15(2)7-5-13(6-8-15)18-11-12-4-3-9-17-14(12)10-16/h3-4,9,13H,5-8,11H2,1-2H3. The fourth-order valence-electron chi connectivity index (χ4n) is 2.40. The first-order valence-electron chi connectivity index (χ1n) is 6.56. The van der Waals surface area contributed by atoms with Crippen LogP contribution in [0.3, 0.4) is 0 Å². The molecule has 1 heterocycles. The van der Waals surface area contributed by atoms with E-state index in [0.29, 0.717) is 23.8 Å². The maximum absolute atomic E-state index is 8.96. The number of rotatable bonds is 3. The molecule has 0 radical (unpaired) electrons. The number of ether oxygens (including phenoxy) is 1. The Labute approximate surface area is 109 Å². The summed E-state index contributed by atoms with van der Waals surface area (Å²) in [5.74, 6) is 0. The van der Waals surface area contributed by atoms with E-state index in [4.69, 9.17) is 10.00 Å². The molecule has 0 bridgehead atoms. The van der Waals surface area contributed by atoms with Crippen molar-refractivity contribution in [1.29, 1.82) is 5.26 Å². The lowest BCUT2D eigenvalue weighted by molar-refractivity contribution is -0.00576. The van der Waals surface area contributed by atoms with E-state index in [0.717, 1.165) is 18.4 Å². The van der Waals surface area contributed by atoms with E-state index < -0.39 is 0 Å². The summed E-state index contributed by atoms with van der Waals surface area (Å²) in [5.41, 5.74) is 1.84. The van der Waals surface area contributed by atoms with Gasteiger partial charge in [-0.3, -0.25) is 0 Å². The number of pyridine rings is 1. The van der Waals surface area contributed by atoms with Crippen molar-refractivity contribution in [3.63, 3.8) is 0 Å². The average molecular weight is 244 g/mol. The highest BCUT2D eigenvalue weighted by molar-refractivity contribution is 5.29. The van der Waals surface area contributed by atoms with Gasteiger partial charge >= 0.3 is 0 Å². The van der Waals surface area contributed by atoms with Crippen molar-refractivity contribution < 1.29 is 4.74 Å². The molecule has 2 rings (SSSR count). The highest BCUT2D eigenvalue weighted by atomic mass is 16.5. The van der Waals surface area contributed by atoms with Gasteiger partial charge in [-0.05, 0) is 37.2 Å². The SMILES string of the molecule is CC1(C)CCC(OCc2cccnc2C#N)CC1. The van der Waals surface area contributed by atoms with Gasteiger partial charge in [0.25, 0.3) is 0 Å². The van der Waals surface area contributed by atoms with Crippen LogP contribution in [0.2, 0.25) is 0 Å². The van der Waals surface area contributed by atoms with Crippen LogP contribution in [0, 0.1) is 16.7 Å². The number of hydrogen-bond acceptors (Lipinski definition) is 3. The normalized spacial score (nSPS) is 19.4. The van der Waals surface area contributed by atoms with Crippen molar-refractivity contribution in [1.82, 2.24) is 4.98 Å². The van der Waals surface area contributed by atoms with Crippen molar-refractivity contribution in [2.24, 2.45) is 5.41 Å². The molecule has 3 heteroatoms. The minimum atomic E-state index is 0.338. The first kappa shape index (κ1) is 13.0. The molecule has 0 spiro atoms. The van der Waals surface area contributed by atoms with E-state index in [1.54, 1.807) is 6.20 Å². The van der Waals surface area contributed by atoms with Gasteiger partial charge in [-0.25, -0.2) is 4.98 Å². The van der Waals surface area contributed by atoms with Crippen LogP contribution in [0.15, 0.2) is 18.3 Å². The van der Waals surface area contributed by atoms with Gasteiger partial charge in [-0.1, -0.05) is 19.9 Å². The molecule has 1 aromatic heterocycles. The minimum Gasteiger partial charge on any atom is -0.373 e. The van der Waals surface area contributed by atoms with Gasteiger partial charge in [0.1, 0.15) is 11.8 Å². The first-order chi connectivity index (χ1) is 8.61. The van der Waals surface area contributed by atoms with Crippen molar-refractivity contribution in [3.8, 4) is 6.07 Å². The molecule has 0 aliphatic heterocycles. The molecule has 1 aromatic rings. The van der Waals surface area contributed by atoms with Gasteiger partial charge in [0, 0.05) is 11.8 Å². The highest BCUT2D eigenvalue weighted by Gasteiger charge is 2.27. The van der Waals surface area contributed by atoms with Crippen molar-refractivity contribution in [2.75, 3.05) is 0 Å². The predicted octanol–water partition coefficient (Wildman–Crippen LogP) is 3.44. The van der Waals surface area contributed by atoms with Gasteiger partial charge in [0.2, 0.25) is 0 Å². The van der Waals surface area contributed by atoms with E-state index in [9.17, 15) is 0 Å². The van der Waals surface area contributed by atoms with Crippen molar-refractivity contribution in [2.45, 2.75) is 52.2 Å². The summed E-state index contributed by atoms with van der Waals surface area (Å²) in [6.45, 7) is 5.14. The Balaban J connectivity index is 1.87. The monoisotopic (exact) mass is 244 g/mol. The molecule has 1 saturated carbocycles. The fraction of sp³-hybridized carbons (Fsp3) is 0.600. The Morgan fingerprint density at radius 2 is 2.17 bits per heavy atom. The molecule has 3 nitrogen and oxygen atoms in total. The molecule has 0 unspecified atom stereocenters. The third-order valence-corrected chi connectivity index (χ3v) is 3.76. The fourth-order valence-corrected chi connectivity index (χ4v) is 2.40. The highest BCUT2D eigenvalue weighted by Crippen LogP contribution is 2.36. The van der Waals surface area contributed by atoms with E-state index >= 15 is 0 Å². The zero-order chi connectivity index (χ0) is 13.0. The van der Waals surface area contributed by atoms with Crippen molar-refractivity contribution >= 4 is 0 Å². The van der Waals surface area contributed by atoms with E-state index in [2.05, 4.69) is 24.9 Å². The number of hydrogen-bond donors (Lipinski definition) is 0. The third-order valence-electron chi connectivity index (χ3n) is 3.76. The van der Waals surface area contributed by atoms with Crippen LogP contribution in [0.1, 0.15) is 50.8 Å². The van der Waals surface area contributed by atoms with Crippen LogP contribution in [-0.4, -0.2) is 11.1 Å². The second-order valence-electron chi connectivity index (χ2n) is 5.80. The Bertz CT molecular complexity index is 438. The van der Waals surface area contributed by atoms with Gasteiger partial charge < -0.3 is 4.74 Å². The molecule has 0 N–H and O–H groups in total. The molecule has 0 aromatic carbocycles. The topological polar surface area (TPSA) is 45.9 Å². The maximum Gasteiger partial charge on any atom is 0.145 e. The van der Waals surface area contributed by atoms with Crippen LogP contribution in [0.5, 0.6) is 0 Å². The molecule has 1 aliphatic carbocycles. The van der Waals surface area contributed by atoms with Gasteiger partial charge in [-0.2, -0.15) is 5.26 Å². The molecule has 1 aliphatic rings. The van der Waals surface area contributed by atoms with Crippen LogP contribution in [0.25, 0.3) is 0 Å². The Kier molecular flexibility index (Phi) is 3.98. The van der Waals surface area contributed by atoms with Crippen molar-refractivity contribution in [3.05, 3.63) is 29.6 Å². The number of nitriles is 1. The molecule has 0 atom stereocenters. The summed E-state index contributed by atoms with van der Waals surface area (Å²) >= 11 is 0. The Morgan fingerprint density at radius 3 is 2.83 bits per heavy atom. The third kappa shape index (κ3) is 3.30. The molecule has 0 amide bonds. The van der Waals surface area contributed by atoms with Crippen LogP contribution in [-0.2, 0) is 11.3 Å². The maximum atomic E-state index is 8.96. The molecule has 18 heavy (non-hydrogen) atoms. The van der Waals surface area contributed by atoms with Crippen LogP contribution in [0.4, 0.5) is 0 Å². The van der Waals surface area contributed by atoms with E-state index in [1.165, 1.54) is 12.8 Å². The average Bonchev–Trinajstić information content (AvgIpc) is 2.38. The first-order valence-corrected chi connectivity index (χ1v) is 6.56. The summed E-state index contributed by atoms with van der Waals surface area (Å²) < 4.78 is 5.91. The Hall–Kier alpha value is -1.40. The molecular formula is C15H20N2O. The summed E-state index contributed by atoms with van der Waals surface area (Å²) in [7, 11) is 0. The smallest absolute Gasteiger partial charge is 0.145 e. The predicted molar refractivity (Wildman–Crippen MR) is 69.8 cm³/mol. The van der Waals surface area contributed by atoms with Crippen LogP contribution < -0.4 is 0 Å². The number of aromatic nitrogens is 1. The van der Waals surface area contributed by atoms with E-state index in [-0.39, 0.29) is 0 Å². The number of nitrogens with zero attached hydrogens (tertiary/aromatic N) is 2. The largest absolute Gasteiger partial charge is 0.373 e. The summed E-state index contributed by atoms with van der Waals surface area (Å²) in [5, 5.41) is 8.96. The van der Waals surface area contributed by atoms with Gasteiger partial charge in [0.15, 0.2) is 0 Å². The zero-order valence-corrected chi connectivity index (χ0v) is 11.1. The molecule has 96 valence electrons. The molecule has 1 fully saturated rings. The summed E-state index contributed by atoms with van der Waals surface area (Å²) in [4.78, 5) is 4.04. The van der Waals surface area contributed by atoms with Gasteiger partial charge in [0.05, 0.1) is 12.7 Å². The van der Waals surface area contributed by atoms with Gasteiger partial charge in [-0.15, -0.1) is 0 Å². The summed E-state index contributed by atoms with van der Waals surface area (Å²) in [6.07, 6.45) is 6.66. The van der Waals surface area contributed by atoms with Crippen LogP contribution >= 0.6 is 0 Å². The second-order valence-corrected chi connectivity index (χ2v) is 5.80. The van der Waals surface area contributed by atoms with E-state index in [1.807, 2.05) is 12.1 Å².